The third-order valence-electron chi connectivity index (χ3n) is 3.44. The van der Waals surface area contributed by atoms with Crippen LogP contribution in [0.1, 0.15) is 18.1 Å². The predicted octanol–water partition coefficient (Wildman–Crippen LogP) is 2.11. The summed E-state index contributed by atoms with van der Waals surface area (Å²) < 4.78 is 5.23. The highest BCUT2D eigenvalue weighted by atomic mass is 16.5. The monoisotopic (exact) mass is 275 g/mol. The molecule has 1 aromatic heterocycles. The molecule has 0 fully saturated rings. The van der Waals surface area contributed by atoms with Gasteiger partial charge in [-0.1, -0.05) is 13.0 Å². The number of rotatable bonds is 4. The number of hydrogen-bond acceptors (Lipinski definition) is 3. The molecule has 106 valence electrons. The molecule has 2 N–H and O–H groups in total. The lowest BCUT2D eigenvalue weighted by Crippen LogP contribution is -2.19. The van der Waals surface area contributed by atoms with Gasteiger partial charge in [-0.15, -0.1) is 0 Å². The van der Waals surface area contributed by atoms with Gasteiger partial charge in [-0.25, -0.2) is 0 Å². The molecule has 0 aliphatic rings. The summed E-state index contributed by atoms with van der Waals surface area (Å²) in [5.41, 5.74) is 1.85. The summed E-state index contributed by atoms with van der Waals surface area (Å²) in [5.74, 6) is -0.910. The van der Waals surface area contributed by atoms with Crippen LogP contribution in [0.25, 0.3) is 10.9 Å². The second-order valence-corrected chi connectivity index (χ2v) is 4.94. The Kier molecular flexibility index (Phi) is 3.79. The highest BCUT2D eigenvalue weighted by Gasteiger charge is 2.15. The van der Waals surface area contributed by atoms with Crippen molar-refractivity contribution >= 4 is 16.9 Å². The number of nitrogens with one attached hydrogen (secondary N) is 1. The molecular formula is C15H17NO4. The maximum Gasteiger partial charge on any atom is 0.306 e. The number of carboxylic acids is 1. The van der Waals surface area contributed by atoms with E-state index in [1.54, 1.807) is 26.2 Å². The van der Waals surface area contributed by atoms with Gasteiger partial charge in [-0.3, -0.25) is 9.59 Å². The number of carbonyl (C=O) groups is 1. The zero-order valence-corrected chi connectivity index (χ0v) is 11.7. The van der Waals surface area contributed by atoms with Gasteiger partial charge in [0.2, 0.25) is 0 Å². The van der Waals surface area contributed by atoms with Crippen LogP contribution in [0, 0.1) is 12.8 Å². The Labute approximate surface area is 116 Å². The van der Waals surface area contributed by atoms with E-state index in [-0.39, 0.29) is 12.0 Å². The average molecular weight is 275 g/mol. The molecule has 0 spiro atoms. The SMILES string of the molecule is COc1ccc(C)c2cc(CC(C)C(=O)O)c(=O)[nH]c12. The largest absolute Gasteiger partial charge is 0.495 e. The van der Waals surface area contributed by atoms with Crippen LogP contribution >= 0.6 is 0 Å². The minimum absolute atomic E-state index is 0.206. The van der Waals surface area contributed by atoms with Crippen LogP contribution in [0.3, 0.4) is 0 Å². The summed E-state index contributed by atoms with van der Waals surface area (Å²) in [4.78, 5) is 25.8. The third kappa shape index (κ3) is 2.52. The Morgan fingerprint density at radius 3 is 2.75 bits per heavy atom. The lowest BCUT2D eigenvalue weighted by molar-refractivity contribution is -0.141. The standard InChI is InChI=1S/C15H17NO4/c1-8-4-5-12(20-3)13-11(8)7-10(14(17)16-13)6-9(2)15(18)19/h4-5,7,9H,6H2,1-3H3,(H,16,17)(H,18,19). The molecule has 0 saturated carbocycles. The number of fused-ring (bicyclic) bond motifs is 1. The Morgan fingerprint density at radius 2 is 2.15 bits per heavy atom. The van der Waals surface area contributed by atoms with Crippen LogP contribution in [0.15, 0.2) is 23.0 Å². The van der Waals surface area contributed by atoms with E-state index in [4.69, 9.17) is 9.84 Å². The molecule has 1 heterocycles. The summed E-state index contributed by atoms with van der Waals surface area (Å²) >= 11 is 0. The number of H-pyrrole nitrogens is 1. The van der Waals surface area contributed by atoms with E-state index in [0.717, 1.165) is 10.9 Å². The molecule has 2 rings (SSSR count). The van der Waals surface area contributed by atoms with Gasteiger partial charge in [0.25, 0.3) is 5.56 Å². The molecule has 1 unspecified atom stereocenters. The molecule has 1 atom stereocenters. The van der Waals surface area contributed by atoms with Crippen molar-refractivity contribution in [1.82, 2.24) is 4.98 Å². The zero-order valence-electron chi connectivity index (χ0n) is 11.7. The zero-order chi connectivity index (χ0) is 14.9. The lowest BCUT2D eigenvalue weighted by Gasteiger charge is -2.10. The molecule has 0 aliphatic heterocycles. The Morgan fingerprint density at radius 1 is 1.45 bits per heavy atom. The number of carboxylic acid groups (broad SMARTS) is 1. The Bertz CT molecular complexity index is 718. The molecular weight excluding hydrogens is 258 g/mol. The second kappa shape index (κ2) is 5.36. The summed E-state index contributed by atoms with van der Waals surface area (Å²) in [7, 11) is 1.54. The van der Waals surface area contributed by atoms with Crippen molar-refractivity contribution in [3.8, 4) is 5.75 Å². The molecule has 5 heteroatoms. The first kappa shape index (κ1) is 14.1. The summed E-state index contributed by atoms with van der Waals surface area (Å²) in [6.45, 7) is 3.52. The van der Waals surface area contributed by atoms with Crippen molar-refractivity contribution in [3.63, 3.8) is 0 Å². The molecule has 1 aromatic carbocycles. The van der Waals surface area contributed by atoms with E-state index in [1.165, 1.54) is 0 Å². The maximum absolute atomic E-state index is 12.1. The van der Waals surface area contributed by atoms with Crippen LogP contribution in [0.2, 0.25) is 0 Å². The van der Waals surface area contributed by atoms with Crippen LogP contribution in [0.5, 0.6) is 5.75 Å². The van der Waals surface area contributed by atoms with Gasteiger partial charge < -0.3 is 14.8 Å². The predicted molar refractivity (Wildman–Crippen MR) is 76.4 cm³/mol. The van der Waals surface area contributed by atoms with E-state index in [0.29, 0.717) is 16.8 Å². The van der Waals surface area contributed by atoms with Crippen LogP contribution < -0.4 is 10.3 Å². The number of pyridine rings is 1. The van der Waals surface area contributed by atoms with E-state index in [9.17, 15) is 9.59 Å². The van der Waals surface area contributed by atoms with Crippen molar-refractivity contribution in [2.45, 2.75) is 20.3 Å². The minimum atomic E-state index is -0.910. The smallest absolute Gasteiger partial charge is 0.306 e. The molecule has 0 bridgehead atoms. The fourth-order valence-electron chi connectivity index (χ4n) is 2.19. The van der Waals surface area contributed by atoms with Crippen LogP contribution in [0.4, 0.5) is 0 Å². The quantitative estimate of drug-likeness (QED) is 0.895. The van der Waals surface area contributed by atoms with Crippen LogP contribution in [-0.2, 0) is 11.2 Å². The average Bonchev–Trinajstić information content (AvgIpc) is 2.40. The Balaban J connectivity index is 2.60. The first-order valence-corrected chi connectivity index (χ1v) is 6.36. The molecule has 0 radical (unpaired) electrons. The van der Waals surface area contributed by atoms with Gasteiger partial charge in [0.1, 0.15) is 5.75 Å². The summed E-state index contributed by atoms with van der Waals surface area (Å²) in [6, 6.07) is 5.46. The molecule has 20 heavy (non-hydrogen) atoms. The second-order valence-electron chi connectivity index (χ2n) is 4.94. The topological polar surface area (TPSA) is 79.4 Å². The molecule has 5 nitrogen and oxygen atoms in total. The number of aromatic amines is 1. The highest BCUT2D eigenvalue weighted by molar-refractivity contribution is 5.87. The van der Waals surface area contributed by atoms with Gasteiger partial charge in [0.15, 0.2) is 0 Å². The highest BCUT2D eigenvalue weighted by Crippen LogP contribution is 2.26. The number of aliphatic carboxylic acids is 1. The first-order valence-electron chi connectivity index (χ1n) is 6.36. The van der Waals surface area contributed by atoms with Crippen molar-refractivity contribution < 1.29 is 14.6 Å². The van der Waals surface area contributed by atoms with Gasteiger partial charge in [-0.2, -0.15) is 0 Å². The number of benzene rings is 1. The summed E-state index contributed by atoms with van der Waals surface area (Å²) in [5, 5.41) is 9.82. The lowest BCUT2D eigenvalue weighted by atomic mass is 9.99. The summed E-state index contributed by atoms with van der Waals surface area (Å²) in [6.07, 6.45) is 0.206. The fourth-order valence-corrected chi connectivity index (χ4v) is 2.19. The van der Waals surface area contributed by atoms with Crippen molar-refractivity contribution in [3.05, 3.63) is 39.7 Å². The van der Waals surface area contributed by atoms with Gasteiger partial charge in [0, 0.05) is 10.9 Å². The van der Waals surface area contributed by atoms with E-state index < -0.39 is 11.9 Å². The van der Waals surface area contributed by atoms with Gasteiger partial charge >= 0.3 is 5.97 Å². The van der Waals surface area contributed by atoms with E-state index >= 15 is 0 Å². The van der Waals surface area contributed by atoms with Crippen molar-refractivity contribution in [1.29, 1.82) is 0 Å². The number of hydrogen-bond donors (Lipinski definition) is 2. The Hall–Kier alpha value is -2.30. The molecule has 2 aromatic rings. The van der Waals surface area contributed by atoms with Crippen LogP contribution in [-0.4, -0.2) is 23.2 Å². The third-order valence-corrected chi connectivity index (χ3v) is 3.44. The molecule has 0 saturated heterocycles. The number of aromatic nitrogens is 1. The first-order chi connectivity index (χ1) is 9.43. The van der Waals surface area contributed by atoms with Crippen molar-refractivity contribution in [2.24, 2.45) is 5.92 Å². The number of aryl methyl sites for hydroxylation is 1. The fraction of sp³-hybridized carbons (Fsp3) is 0.333. The molecule has 0 amide bonds. The van der Waals surface area contributed by atoms with Crippen molar-refractivity contribution in [2.75, 3.05) is 7.11 Å². The maximum atomic E-state index is 12.1. The molecule has 0 aliphatic carbocycles. The van der Waals surface area contributed by atoms with E-state index in [2.05, 4.69) is 4.98 Å². The number of methoxy groups -OCH3 is 1. The normalized spacial score (nSPS) is 12.3. The van der Waals surface area contributed by atoms with Gasteiger partial charge in [0.05, 0.1) is 18.5 Å². The number of ether oxygens (including phenoxy) is 1. The minimum Gasteiger partial charge on any atom is -0.495 e. The van der Waals surface area contributed by atoms with Gasteiger partial charge in [-0.05, 0) is 31.0 Å². The van der Waals surface area contributed by atoms with E-state index in [1.807, 2.05) is 13.0 Å².